The van der Waals surface area contributed by atoms with Crippen molar-refractivity contribution >= 4 is 17.5 Å². The van der Waals surface area contributed by atoms with Crippen molar-refractivity contribution in [3.8, 4) is 5.75 Å². The van der Waals surface area contributed by atoms with Crippen LogP contribution in [0.25, 0.3) is 0 Å². The van der Waals surface area contributed by atoms with Gasteiger partial charge in [-0.2, -0.15) is 13.2 Å². The van der Waals surface area contributed by atoms with E-state index in [2.05, 4.69) is 20.6 Å². The van der Waals surface area contributed by atoms with E-state index in [1.54, 1.807) is 20.1 Å². The average molecular weight is 490 g/mol. The summed E-state index contributed by atoms with van der Waals surface area (Å²) in [4.78, 5) is 19.3. The van der Waals surface area contributed by atoms with Crippen LogP contribution in [0.3, 0.4) is 0 Å². The highest BCUT2D eigenvalue weighted by Crippen LogP contribution is 2.35. The van der Waals surface area contributed by atoms with Crippen molar-refractivity contribution in [3.63, 3.8) is 0 Å². The van der Waals surface area contributed by atoms with Crippen LogP contribution in [0.5, 0.6) is 5.75 Å². The van der Waals surface area contributed by atoms with E-state index in [4.69, 9.17) is 10.5 Å². The van der Waals surface area contributed by atoms with Gasteiger partial charge in [0.25, 0.3) is 0 Å². The summed E-state index contributed by atoms with van der Waals surface area (Å²) in [6.07, 6.45) is 3.12. The molecule has 1 aromatic heterocycles. The van der Waals surface area contributed by atoms with Crippen LogP contribution in [0.2, 0.25) is 0 Å². The lowest BCUT2D eigenvalue weighted by Crippen LogP contribution is -2.26. The number of methoxy groups -OCH3 is 1. The lowest BCUT2D eigenvalue weighted by atomic mass is 9.90. The molecule has 1 fully saturated rings. The fourth-order valence-corrected chi connectivity index (χ4v) is 4.00. The van der Waals surface area contributed by atoms with Crippen LogP contribution in [-0.2, 0) is 17.4 Å². The van der Waals surface area contributed by atoms with Gasteiger partial charge in [-0.3, -0.25) is 4.79 Å². The molecule has 0 saturated carbocycles. The second kappa shape index (κ2) is 11.8. The number of nitrogens with two attached hydrogens (primary N) is 1. The molecule has 10 heteroatoms. The fourth-order valence-electron chi connectivity index (χ4n) is 4.00. The Morgan fingerprint density at radius 2 is 2.06 bits per heavy atom. The van der Waals surface area contributed by atoms with Crippen LogP contribution < -0.4 is 21.1 Å². The van der Waals surface area contributed by atoms with Gasteiger partial charge in [0.05, 0.1) is 24.1 Å². The highest BCUT2D eigenvalue weighted by molar-refractivity contribution is 5.94. The Labute approximate surface area is 202 Å². The zero-order valence-corrected chi connectivity index (χ0v) is 19.8. The van der Waals surface area contributed by atoms with Gasteiger partial charge < -0.3 is 21.1 Å². The summed E-state index contributed by atoms with van der Waals surface area (Å²) in [5, 5.41) is 6.33. The molecule has 1 aromatic carbocycles. The maximum absolute atomic E-state index is 13.5. The molecule has 3 rings (SSSR count). The second-order valence-corrected chi connectivity index (χ2v) is 8.21. The van der Waals surface area contributed by atoms with E-state index in [0.717, 1.165) is 37.7 Å². The third kappa shape index (κ3) is 7.05. The molecule has 1 amide bonds. The summed E-state index contributed by atoms with van der Waals surface area (Å²) in [6.45, 7) is 3.58. The van der Waals surface area contributed by atoms with Crippen LogP contribution in [-0.4, -0.2) is 36.1 Å². The molecular formula is C25H30F3N5O2. The molecule has 0 aliphatic carbocycles. The lowest BCUT2D eigenvalue weighted by Gasteiger charge is -2.24. The Morgan fingerprint density at radius 1 is 1.31 bits per heavy atom. The lowest BCUT2D eigenvalue weighted by molar-refractivity contribution is -0.138. The number of aromatic nitrogens is 2. The number of allylic oxidation sites excluding steroid dienone is 2. The molecule has 0 spiro atoms. The third-order valence-corrected chi connectivity index (χ3v) is 5.90. The molecule has 35 heavy (non-hydrogen) atoms. The number of primary amides is 1. The van der Waals surface area contributed by atoms with Gasteiger partial charge in [0.2, 0.25) is 11.9 Å². The summed E-state index contributed by atoms with van der Waals surface area (Å²) in [6, 6.07) is 5.78. The Balaban J connectivity index is 1.81. The number of piperidine rings is 1. The van der Waals surface area contributed by atoms with Crippen LogP contribution in [0, 0.1) is 0 Å². The number of nitrogens with zero attached hydrogens (tertiary/aromatic N) is 2. The zero-order valence-electron chi connectivity index (χ0n) is 19.8. The number of benzene rings is 1. The maximum atomic E-state index is 13.5. The van der Waals surface area contributed by atoms with Crippen molar-refractivity contribution in [2.45, 2.75) is 44.7 Å². The highest BCUT2D eigenvalue weighted by atomic mass is 19.4. The summed E-state index contributed by atoms with van der Waals surface area (Å²) in [5.41, 5.74) is 6.20. The standard InChI is InChI=1S/C25H30F3N5O2/c1-3-16(23(29)34)6-4-5-7-20-19(25(26,27)28)15-31-24(32-20)33-21-9-8-18(14-22(21)35-2)17-10-12-30-13-11-17/h3-4,6,8-9,14-15,17,30H,5,7,10-13H2,1-2H3,(H2,29,34)(H,31,32,33)/b6-4+,16-3+. The largest absolute Gasteiger partial charge is 0.495 e. The first-order valence-electron chi connectivity index (χ1n) is 11.4. The quantitative estimate of drug-likeness (QED) is 0.351. The minimum atomic E-state index is -4.59. The smallest absolute Gasteiger partial charge is 0.419 e. The third-order valence-electron chi connectivity index (χ3n) is 5.90. The number of alkyl halides is 3. The normalized spacial score (nSPS) is 15.4. The molecule has 2 heterocycles. The van der Waals surface area contributed by atoms with Crippen LogP contribution in [0.15, 0.2) is 48.2 Å². The van der Waals surface area contributed by atoms with E-state index in [-0.39, 0.29) is 30.1 Å². The van der Waals surface area contributed by atoms with Gasteiger partial charge in [-0.05, 0) is 69.3 Å². The average Bonchev–Trinajstić information content (AvgIpc) is 2.84. The monoisotopic (exact) mass is 489 g/mol. The molecule has 1 aliphatic rings. The molecule has 1 aliphatic heterocycles. The molecule has 0 atom stereocenters. The first kappa shape index (κ1) is 26.2. The van der Waals surface area contributed by atoms with E-state index in [9.17, 15) is 18.0 Å². The Morgan fingerprint density at radius 3 is 2.69 bits per heavy atom. The van der Waals surface area contributed by atoms with E-state index in [1.807, 2.05) is 18.2 Å². The topological polar surface area (TPSA) is 102 Å². The first-order valence-corrected chi connectivity index (χ1v) is 11.4. The number of rotatable bonds is 9. The summed E-state index contributed by atoms with van der Waals surface area (Å²) >= 11 is 0. The summed E-state index contributed by atoms with van der Waals surface area (Å²) < 4.78 is 46.1. The van der Waals surface area contributed by atoms with Crippen LogP contribution >= 0.6 is 0 Å². The first-order chi connectivity index (χ1) is 16.7. The number of nitrogens with one attached hydrogen (secondary N) is 2. The Hall–Kier alpha value is -3.40. The van der Waals surface area contributed by atoms with Gasteiger partial charge in [-0.1, -0.05) is 24.3 Å². The van der Waals surface area contributed by atoms with Crippen molar-refractivity contribution in [1.29, 1.82) is 0 Å². The van der Waals surface area contributed by atoms with E-state index >= 15 is 0 Å². The molecule has 7 nitrogen and oxygen atoms in total. The zero-order chi connectivity index (χ0) is 25.4. The van der Waals surface area contributed by atoms with Gasteiger partial charge in [0, 0.05) is 11.8 Å². The predicted octanol–water partition coefficient (Wildman–Crippen LogP) is 4.64. The molecule has 2 aromatic rings. The molecule has 0 unspecified atom stereocenters. The Kier molecular flexibility index (Phi) is 8.86. The van der Waals surface area contributed by atoms with Gasteiger partial charge in [0.15, 0.2) is 0 Å². The minimum Gasteiger partial charge on any atom is -0.495 e. The van der Waals surface area contributed by atoms with Crippen LogP contribution in [0.4, 0.5) is 24.8 Å². The number of halogens is 3. The van der Waals surface area contributed by atoms with Gasteiger partial charge in [0.1, 0.15) is 5.75 Å². The summed E-state index contributed by atoms with van der Waals surface area (Å²) in [7, 11) is 1.54. The van der Waals surface area contributed by atoms with Crippen molar-refractivity contribution in [2.24, 2.45) is 5.73 Å². The van der Waals surface area contributed by atoms with Crippen molar-refractivity contribution < 1.29 is 22.7 Å². The SMILES string of the molecule is C/C=C(\C=C\CCc1nc(Nc2ccc(C3CCNCC3)cc2OC)ncc1C(F)(F)F)C(N)=O. The predicted molar refractivity (Wildman–Crippen MR) is 129 cm³/mol. The molecule has 0 radical (unpaired) electrons. The van der Waals surface area contributed by atoms with Crippen LogP contribution in [0.1, 0.15) is 48.9 Å². The number of hydrogen-bond acceptors (Lipinski definition) is 6. The Bertz CT molecular complexity index is 1090. The highest BCUT2D eigenvalue weighted by Gasteiger charge is 2.34. The number of hydrogen-bond donors (Lipinski definition) is 3. The maximum Gasteiger partial charge on any atom is 0.419 e. The summed E-state index contributed by atoms with van der Waals surface area (Å²) in [5.74, 6) is 0.433. The molecule has 1 saturated heterocycles. The number of carbonyl (C=O) groups excluding carboxylic acids is 1. The van der Waals surface area contributed by atoms with Crippen molar-refractivity contribution in [2.75, 3.05) is 25.5 Å². The van der Waals surface area contributed by atoms with Crippen molar-refractivity contribution in [3.05, 3.63) is 65.0 Å². The molecule has 4 N–H and O–H groups in total. The van der Waals surface area contributed by atoms with Gasteiger partial charge in [-0.15, -0.1) is 0 Å². The number of ether oxygens (including phenoxy) is 1. The van der Waals surface area contributed by atoms with Gasteiger partial charge in [-0.25, -0.2) is 9.97 Å². The van der Waals surface area contributed by atoms with E-state index < -0.39 is 17.6 Å². The minimum absolute atomic E-state index is 0.00406. The number of anilines is 2. The fraction of sp³-hybridized carbons (Fsp3) is 0.400. The van der Waals surface area contributed by atoms with E-state index in [0.29, 0.717) is 17.4 Å². The number of carbonyl (C=O) groups is 1. The van der Waals surface area contributed by atoms with Crippen molar-refractivity contribution in [1.82, 2.24) is 15.3 Å². The molecule has 188 valence electrons. The second-order valence-electron chi connectivity index (χ2n) is 8.21. The number of amides is 1. The van der Waals surface area contributed by atoms with Gasteiger partial charge >= 0.3 is 6.18 Å². The molecule has 0 bridgehead atoms. The van der Waals surface area contributed by atoms with E-state index in [1.165, 1.54) is 12.2 Å². The number of aryl methyl sites for hydroxylation is 1. The molecular weight excluding hydrogens is 459 g/mol.